The van der Waals surface area contributed by atoms with Crippen molar-refractivity contribution in [1.29, 1.82) is 0 Å². The lowest BCUT2D eigenvalue weighted by molar-refractivity contribution is -0.462. The molecule has 1 aliphatic heterocycles. The van der Waals surface area contributed by atoms with Crippen molar-refractivity contribution in [2.45, 2.75) is 0 Å². The smallest absolute Gasteiger partial charge is 0.199 e. The minimum Gasteiger partial charge on any atom is -0.448 e. The van der Waals surface area contributed by atoms with Gasteiger partial charge in [-0.25, -0.2) is 4.58 Å². The lowest BCUT2D eigenvalue weighted by Crippen LogP contribution is -2.09. The first-order chi connectivity index (χ1) is 14.7. The number of thioether (sulfide) groups is 1. The maximum absolute atomic E-state index is 6.24. The second kappa shape index (κ2) is 9.47. The molecule has 0 bridgehead atoms. The fraction of sp³-hybridized carbons (Fsp3) is 0.0741. The first-order valence-corrected chi connectivity index (χ1v) is 10.8. The molecule has 0 spiro atoms. The van der Waals surface area contributed by atoms with E-state index in [0.717, 1.165) is 33.1 Å². The van der Waals surface area contributed by atoms with Gasteiger partial charge in [0.1, 0.15) is 19.9 Å². The highest BCUT2D eigenvalue weighted by Crippen LogP contribution is 2.41. The molecule has 0 saturated carbocycles. The molecule has 3 heteroatoms. The van der Waals surface area contributed by atoms with Crippen LogP contribution in [0.3, 0.4) is 0 Å². The van der Waals surface area contributed by atoms with E-state index in [9.17, 15) is 0 Å². The van der Waals surface area contributed by atoms with Gasteiger partial charge in [0.2, 0.25) is 0 Å². The van der Waals surface area contributed by atoms with E-state index in [1.54, 1.807) is 11.8 Å². The first kappa shape index (κ1) is 20.0. The van der Waals surface area contributed by atoms with Crippen molar-refractivity contribution >= 4 is 28.8 Å². The van der Waals surface area contributed by atoms with E-state index in [4.69, 9.17) is 4.74 Å². The SMILES string of the molecule is C[N+](C)=C1C=CC(=C/C=C/C(=C2\OC(c3ccccc3)=CS2)c2ccccc2)C=C1. The van der Waals surface area contributed by atoms with Gasteiger partial charge in [-0.3, -0.25) is 0 Å². The highest BCUT2D eigenvalue weighted by Gasteiger charge is 2.18. The summed E-state index contributed by atoms with van der Waals surface area (Å²) >= 11 is 1.62. The summed E-state index contributed by atoms with van der Waals surface area (Å²) in [5.74, 6) is 0.890. The first-order valence-electron chi connectivity index (χ1n) is 9.89. The molecule has 1 aliphatic carbocycles. The van der Waals surface area contributed by atoms with Gasteiger partial charge in [0.05, 0.1) is 0 Å². The summed E-state index contributed by atoms with van der Waals surface area (Å²) in [5.41, 5.74) is 5.65. The van der Waals surface area contributed by atoms with E-state index in [0.29, 0.717) is 0 Å². The van der Waals surface area contributed by atoms with Gasteiger partial charge in [-0.15, -0.1) is 0 Å². The molecule has 0 fully saturated rings. The number of rotatable bonds is 4. The molecular formula is C27H24NOS+. The van der Waals surface area contributed by atoms with Gasteiger partial charge in [-0.2, -0.15) is 0 Å². The summed E-state index contributed by atoms with van der Waals surface area (Å²) in [5, 5.41) is 2.97. The molecule has 2 aromatic rings. The van der Waals surface area contributed by atoms with Crippen molar-refractivity contribution in [3.8, 4) is 0 Å². The lowest BCUT2D eigenvalue weighted by Gasteiger charge is -2.09. The van der Waals surface area contributed by atoms with E-state index in [1.165, 1.54) is 5.71 Å². The molecule has 148 valence electrons. The predicted octanol–water partition coefficient (Wildman–Crippen LogP) is 6.44. The minimum atomic E-state index is 0.890. The van der Waals surface area contributed by atoms with Crippen LogP contribution in [0.4, 0.5) is 0 Å². The number of allylic oxidation sites excluding steroid dienone is 9. The summed E-state index contributed by atoms with van der Waals surface area (Å²) in [6.45, 7) is 0. The largest absolute Gasteiger partial charge is 0.448 e. The molecule has 30 heavy (non-hydrogen) atoms. The van der Waals surface area contributed by atoms with E-state index in [-0.39, 0.29) is 0 Å². The van der Waals surface area contributed by atoms with Crippen LogP contribution in [0.25, 0.3) is 11.3 Å². The minimum absolute atomic E-state index is 0.890. The van der Waals surface area contributed by atoms with Gasteiger partial charge in [0, 0.05) is 28.7 Å². The molecule has 2 aliphatic rings. The zero-order chi connectivity index (χ0) is 20.8. The van der Waals surface area contributed by atoms with Crippen molar-refractivity contribution in [2.75, 3.05) is 14.1 Å². The Kier molecular flexibility index (Phi) is 6.31. The van der Waals surface area contributed by atoms with Gasteiger partial charge in [-0.05, 0) is 23.3 Å². The molecule has 1 heterocycles. The Morgan fingerprint density at radius 3 is 2.20 bits per heavy atom. The van der Waals surface area contributed by atoms with Crippen LogP contribution in [0.1, 0.15) is 11.1 Å². The van der Waals surface area contributed by atoms with E-state index in [2.05, 4.69) is 88.9 Å². The normalized spacial score (nSPS) is 17.2. The third-order valence-electron chi connectivity index (χ3n) is 4.80. The second-order valence-corrected chi connectivity index (χ2v) is 7.99. The van der Waals surface area contributed by atoms with Crippen LogP contribution in [0.2, 0.25) is 0 Å². The second-order valence-electron chi connectivity index (χ2n) is 7.15. The number of hydrogen-bond donors (Lipinski definition) is 0. The quantitative estimate of drug-likeness (QED) is 0.538. The monoisotopic (exact) mass is 410 g/mol. The van der Waals surface area contributed by atoms with Crippen LogP contribution in [-0.4, -0.2) is 24.4 Å². The molecule has 2 aromatic carbocycles. The highest BCUT2D eigenvalue weighted by atomic mass is 32.2. The fourth-order valence-electron chi connectivity index (χ4n) is 3.14. The third kappa shape index (κ3) is 4.81. The van der Waals surface area contributed by atoms with Crippen molar-refractivity contribution in [2.24, 2.45) is 0 Å². The number of ether oxygens (including phenoxy) is 1. The predicted molar refractivity (Wildman–Crippen MR) is 129 cm³/mol. The summed E-state index contributed by atoms with van der Waals surface area (Å²) in [7, 11) is 4.10. The number of nitrogens with zero attached hydrogens (tertiary/aromatic N) is 1. The van der Waals surface area contributed by atoms with E-state index in [1.807, 2.05) is 38.4 Å². The van der Waals surface area contributed by atoms with Crippen molar-refractivity contribution in [3.05, 3.63) is 130 Å². The Morgan fingerprint density at radius 1 is 0.867 bits per heavy atom. The van der Waals surface area contributed by atoms with Crippen LogP contribution in [0.15, 0.2) is 119 Å². The Morgan fingerprint density at radius 2 is 1.53 bits per heavy atom. The van der Waals surface area contributed by atoms with Crippen LogP contribution in [0, 0.1) is 0 Å². The standard InChI is InChI=1S/C27H24NOS/c1-28(2)24-18-16-21(17-19-24)10-9-15-25(22-11-5-3-6-12-22)27-29-26(20-30-27)23-13-7-4-8-14-23/h3-20H,1-2H3/q+1/b15-9+,27-25-. The van der Waals surface area contributed by atoms with Crippen LogP contribution >= 0.6 is 11.8 Å². The Bertz CT molecular complexity index is 1110. The average molecular weight is 411 g/mol. The van der Waals surface area contributed by atoms with Crippen molar-refractivity contribution in [1.82, 2.24) is 0 Å². The number of benzene rings is 2. The molecule has 2 nitrogen and oxygen atoms in total. The molecular weight excluding hydrogens is 386 g/mol. The van der Waals surface area contributed by atoms with Crippen molar-refractivity contribution in [3.63, 3.8) is 0 Å². The van der Waals surface area contributed by atoms with Crippen LogP contribution in [-0.2, 0) is 4.74 Å². The fourth-order valence-corrected chi connectivity index (χ4v) is 3.99. The van der Waals surface area contributed by atoms with Gasteiger partial charge < -0.3 is 4.74 Å². The lowest BCUT2D eigenvalue weighted by atomic mass is 10.1. The maximum atomic E-state index is 6.24. The third-order valence-corrected chi connectivity index (χ3v) is 5.65. The Hall–Kier alpha value is -3.30. The van der Waals surface area contributed by atoms with Crippen molar-refractivity contribution < 1.29 is 9.31 Å². The zero-order valence-corrected chi connectivity index (χ0v) is 18.0. The molecule has 0 atom stereocenters. The molecule has 0 saturated heterocycles. The Balaban J connectivity index is 1.60. The zero-order valence-electron chi connectivity index (χ0n) is 17.2. The number of hydrogen-bond acceptors (Lipinski definition) is 2. The molecule has 0 amide bonds. The summed E-state index contributed by atoms with van der Waals surface area (Å²) in [6, 6.07) is 20.6. The molecule has 4 rings (SSSR count). The molecule has 0 unspecified atom stereocenters. The highest BCUT2D eigenvalue weighted by molar-refractivity contribution is 8.06. The van der Waals surface area contributed by atoms with E-state index < -0.39 is 0 Å². The Labute approximate surface area is 182 Å². The summed E-state index contributed by atoms with van der Waals surface area (Å²) in [4.78, 5) is 0. The average Bonchev–Trinajstić information content (AvgIpc) is 3.28. The van der Waals surface area contributed by atoms with E-state index >= 15 is 0 Å². The van der Waals surface area contributed by atoms with Gasteiger partial charge in [0.25, 0.3) is 0 Å². The van der Waals surface area contributed by atoms with Crippen LogP contribution < -0.4 is 0 Å². The molecule has 0 aromatic heterocycles. The van der Waals surface area contributed by atoms with Gasteiger partial charge in [-0.1, -0.05) is 90.7 Å². The summed E-state index contributed by atoms with van der Waals surface area (Å²) < 4.78 is 8.34. The topological polar surface area (TPSA) is 12.2 Å². The molecule has 0 radical (unpaired) electrons. The van der Waals surface area contributed by atoms with Gasteiger partial charge in [0.15, 0.2) is 10.8 Å². The summed E-state index contributed by atoms with van der Waals surface area (Å²) in [6.07, 6.45) is 14.8. The maximum Gasteiger partial charge on any atom is 0.199 e. The molecule has 0 N–H and O–H groups in total. The van der Waals surface area contributed by atoms with Gasteiger partial charge >= 0.3 is 0 Å². The van der Waals surface area contributed by atoms with Crippen LogP contribution in [0.5, 0.6) is 0 Å².